The summed E-state index contributed by atoms with van der Waals surface area (Å²) >= 11 is 0. The van der Waals surface area contributed by atoms with Gasteiger partial charge in [-0.15, -0.1) is 0 Å². The van der Waals surface area contributed by atoms with Crippen molar-refractivity contribution in [2.75, 3.05) is 37.6 Å². The number of hydrogen-bond donors (Lipinski definition) is 0. The molecular weight excluding hydrogens is 250 g/mol. The molecule has 0 N–H and O–H groups in total. The van der Waals surface area contributed by atoms with E-state index in [-0.39, 0.29) is 0 Å². The molecule has 1 aliphatic heterocycles. The molecular formula is C15H21N5. The first-order valence-electron chi connectivity index (χ1n) is 7.59. The SMILES string of the molecule is CCN1CCN(c2nc(C#N)c3c(n2)CCCC3)CC1. The summed E-state index contributed by atoms with van der Waals surface area (Å²) in [5.41, 5.74) is 2.80. The summed E-state index contributed by atoms with van der Waals surface area (Å²) in [4.78, 5) is 13.9. The Kier molecular flexibility index (Phi) is 3.83. The maximum absolute atomic E-state index is 9.33. The lowest BCUT2D eigenvalue weighted by atomic mass is 9.95. The van der Waals surface area contributed by atoms with Crippen LogP contribution in [0.1, 0.15) is 36.7 Å². The summed E-state index contributed by atoms with van der Waals surface area (Å²) in [6.07, 6.45) is 4.29. The van der Waals surface area contributed by atoms with Gasteiger partial charge in [0.2, 0.25) is 5.95 Å². The highest BCUT2D eigenvalue weighted by Crippen LogP contribution is 2.24. The van der Waals surface area contributed by atoms with Crippen molar-refractivity contribution in [3.63, 3.8) is 0 Å². The molecule has 1 aliphatic carbocycles. The van der Waals surface area contributed by atoms with Gasteiger partial charge >= 0.3 is 0 Å². The molecule has 1 saturated heterocycles. The highest BCUT2D eigenvalue weighted by Gasteiger charge is 2.22. The summed E-state index contributed by atoms with van der Waals surface area (Å²) in [5.74, 6) is 0.762. The fourth-order valence-electron chi connectivity index (χ4n) is 3.08. The Bertz CT molecular complexity index is 526. The van der Waals surface area contributed by atoms with Crippen LogP contribution in [-0.4, -0.2) is 47.6 Å². The number of likely N-dealkylation sites (N-methyl/N-ethyl adjacent to an activating group) is 1. The molecule has 0 unspecified atom stereocenters. The fourth-order valence-corrected chi connectivity index (χ4v) is 3.08. The zero-order valence-corrected chi connectivity index (χ0v) is 12.1. The average Bonchev–Trinajstić information content (AvgIpc) is 2.54. The van der Waals surface area contributed by atoms with Crippen LogP contribution in [0.5, 0.6) is 0 Å². The van der Waals surface area contributed by atoms with Gasteiger partial charge < -0.3 is 9.80 Å². The van der Waals surface area contributed by atoms with E-state index < -0.39 is 0 Å². The standard InChI is InChI=1S/C15H21N5/c1-2-19-7-9-20(10-8-19)15-17-13-6-4-3-5-12(13)14(11-16)18-15/h2-10H2,1H3. The quantitative estimate of drug-likeness (QED) is 0.813. The molecule has 2 aliphatic rings. The van der Waals surface area contributed by atoms with Crippen molar-refractivity contribution < 1.29 is 0 Å². The highest BCUT2D eigenvalue weighted by atomic mass is 15.3. The summed E-state index contributed by atoms with van der Waals surface area (Å²) < 4.78 is 0. The third-order valence-electron chi connectivity index (χ3n) is 4.38. The molecule has 106 valence electrons. The van der Waals surface area contributed by atoms with Crippen LogP contribution in [-0.2, 0) is 12.8 Å². The smallest absolute Gasteiger partial charge is 0.226 e. The molecule has 0 amide bonds. The van der Waals surface area contributed by atoms with E-state index >= 15 is 0 Å². The monoisotopic (exact) mass is 271 g/mol. The van der Waals surface area contributed by atoms with Gasteiger partial charge in [-0.05, 0) is 32.2 Å². The first-order chi connectivity index (χ1) is 9.81. The summed E-state index contributed by atoms with van der Waals surface area (Å²) in [5, 5.41) is 9.33. The van der Waals surface area contributed by atoms with Crippen LogP contribution >= 0.6 is 0 Å². The maximum Gasteiger partial charge on any atom is 0.226 e. The highest BCUT2D eigenvalue weighted by molar-refractivity contribution is 5.43. The molecule has 0 aromatic carbocycles. The first kappa shape index (κ1) is 13.3. The van der Waals surface area contributed by atoms with Crippen molar-refractivity contribution >= 4 is 5.95 Å². The minimum atomic E-state index is 0.600. The lowest BCUT2D eigenvalue weighted by Crippen LogP contribution is -2.47. The van der Waals surface area contributed by atoms with E-state index in [0.717, 1.165) is 69.2 Å². The zero-order chi connectivity index (χ0) is 13.9. The molecule has 0 saturated carbocycles. The number of hydrogen-bond acceptors (Lipinski definition) is 5. The van der Waals surface area contributed by atoms with Crippen molar-refractivity contribution in [2.45, 2.75) is 32.6 Å². The number of rotatable bonds is 2. The second-order valence-corrected chi connectivity index (χ2v) is 5.54. The van der Waals surface area contributed by atoms with Crippen LogP contribution in [0.2, 0.25) is 0 Å². The molecule has 20 heavy (non-hydrogen) atoms. The van der Waals surface area contributed by atoms with E-state index in [4.69, 9.17) is 4.98 Å². The lowest BCUT2D eigenvalue weighted by molar-refractivity contribution is 0.269. The molecule has 5 heteroatoms. The second-order valence-electron chi connectivity index (χ2n) is 5.54. The summed E-state index contributed by atoms with van der Waals surface area (Å²) in [6, 6.07) is 2.27. The molecule has 5 nitrogen and oxygen atoms in total. The van der Waals surface area contributed by atoms with Gasteiger partial charge in [-0.3, -0.25) is 0 Å². The summed E-state index contributed by atoms with van der Waals surface area (Å²) in [7, 11) is 0. The molecule has 0 bridgehead atoms. The normalized spacial score (nSPS) is 19.5. The molecule has 1 fully saturated rings. The second kappa shape index (κ2) is 5.76. The van der Waals surface area contributed by atoms with E-state index in [0.29, 0.717) is 5.69 Å². The van der Waals surface area contributed by atoms with E-state index in [9.17, 15) is 5.26 Å². The minimum absolute atomic E-state index is 0.600. The summed E-state index contributed by atoms with van der Waals surface area (Å²) in [6.45, 7) is 7.31. The molecule has 2 heterocycles. The van der Waals surface area contributed by atoms with Gasteiger partial charge in [-0.1, -0.05) is 6.92 Å². The lowest BCUT2D eigenvalue weighted by Gasteiger charge is -2.34. The van der Waals surface area contributed by atoms with Gasteiger partial charge in [0, 0.05) is 31.7 Å². The Labute approximate surface area is 120 Å². The van der Waals surface area contributed by atoms with E-state index in [1.165, 1.54) is 6.42 Å². The van der Waals surface area contributed by atoms with Gasteiger partial charge in [-0.2, -0.15) is 5.26 Å². The largest absolute Gasteiger partial charge is 0.338 e. The molecule has 3 rings (SSSR count). The zero-order valence-electron chi connectivity index (χ0n) is 12.1. The van der Waals surface area contributed by atoms with Crippen LogP contribution < -0.4 is 4.90 Å². The number of fused-ring (bicyclic) bond motifs is 1. The topological polar surface area (TPSA) is 56.0 Å². The van der Waals surface area contributed by atoms with Crippen LogP contribution in [0.4, 0.5) is 5.95 Å². The van der Waals surface area contributed by atoms with Crippen molar-refractivity contribution in [3.8, 4) is 6.07 Å². The molecule has 0 radical (unpaired) electrons. The van der Waals surface area contributed by atoms with Crippen molar-refractivity contribution in [1.29, 1.82) is 5.26 Å². The number of piperazine rings is 1. The van der Waals surface area contributed by atoms with E-state index in [2.05, 4.69) is 27.8 Å². The van der Waals surface area contributed by atoms with Crippen molar-refractivity contribution in [1.82, 2.24) is 14.9 Å². The molecule has 1 aromatic heterocycles. The number of nitrogens with zero attached hydrogens (tertiary/aromatic N) is 5. The average molecular weight is 271 g/mol. The number of aryl methyl sites for hydroxylation is 1. The molecule has 0 spiro atoms. The minimum Gasteiger partial charge on any atom is -0.338 e. The van der Waals surface area contributed by atoms with Gasteiger partial charge in [0.1, 0.15) is 11.8 Å². The van der Waals surface area contributed by atoms with E-state index in [1.54, 1.807) is 0 Å². The molecule has 1 aromatic rings. The predicted octanol–water partition coefficient (Wildman–Crippen LogP) is 1.37. The Hall–Kier alpha value is -1.67. The Morgan fingerprint density at radius 3 is 2.55 bits per heavy atom. The Morgan fingerprint density at radius 2 is 1.85 bits per heavy atom. The van der Waals surface area contributed by atoms with Crippen LogP contribution in [0, 0.1) is 11.3 Å². The number of anilines is 1. The Balaban J connectivity index is 1.86. The van der Waals surface area contributed by atoms with Gasteiger partial charge in [0.25, 0.3) is 0 Å². The van der Waals surface area contributed by atoms with E-state index in [1.807, 2.05) is 0 Å². The van der Waals surface area contributed by atoms with Gasteiger partial charge in [-0.25, -0.2) is 9.97 Å². The molecule has 0 atom stereocenters. The number of aromatic nitrogens is 2. The van der Waals surface area contributed by atoms with Crippen molar-refractivity contribution in [3.05, 3.63) is 17.0 Å². The maximum atomic E-state index is 9.33. The van der Waals surface area contributed by atoms with Crippen LogP contribution in [0.3, 0.4) is 0 Å². The van der Waals surface area contributed by atoms with Crippen LogP contribution in [0.15, 0.2) is 0 Å². The predicted molar refractivity (Wildman–Crippen MR) is 77.7 cm³/mol. The van der Waals surface area contributed by atoms with Crippen molar-refractivity contribution in [2.24, 2.45) is 0 Å². The number of nitriles is 1. The Morgan fingerprint density at radius 1 is 1.10 bits per heavy atom. The fraction of sp³-hybridized carbons (Fsp3) is 0.667. The van der Waals surface area contributed by atoms with Crippen LogP contribution in [0.25, 0.3) is 0 Å². The first-order valence-corrected chi connectivity index (χ1v) is 7.59. The third-order valence-corrected chi connectivity index (χ3v) is 4.38. The third kappa shape index (κ3) is 2.48. The van der Waals surface area contributed by atoms with Gasteiger partial charge in [0.15, 0.2) is 0 Å². The van der Waals surface area contributed by atoms with Gasteiger partial charge in [0.05, 0.1) is 5.69 Å².